The van der Waals surface area contributed by atoms with Crippen molar-refractivity contribution in [3.8, 4) is 5.69 Å². The number of nitrogens with one attached hydrogen (secondary N) is 1. The normalized spacial score (nSPS) is 11.0. The van der Waals surface area contributed by atoms with Crippen molar-refractivity contribution >= 4 is 12.0 Å². The van der Waals surface area contributed by atoms with Crippen LogP contribution in [0.15, 0.2) is 54.6 Å². The van der Waals surface area contributed by atoms with E-state index in [4.69, 9.17) is 0 Å². The number of aromatic nitrogens is 4. The van der Waals surface area contributed by atoms with E-state index in [0.717, 1.165) is 16.8 Å². The maximum absolute atomic E-state index is 12.0. The van der Waals surface area contributed by atoms with Crippen LogP contribution in [0.25, 0.3) is 11.8 Å². The Morgan fingerprint density at radius 3 is 2.68 bits per heavy atom. The van der Waals surface area contributed by atoms with Gasteiger partial charge in [0.2, 0.25) is 5.91 Å². The molecule has 25 heavy (non-hydrogen) atoms. The molecule has 0 spiro atoms. The lowest BCUT2D eigenvalue weighted by Gasteiger charge is -2.07. The molecule has 0 bridgehead atoms. The number of nitrogens with zero attached hydrogens (tertiary/aromatic N) is 4. The van der Waals surface area contributed by atoms with Crippen molar-refractivity contribution in [2.75, 3.05) is 0 Å². The monoisotopic (exact) mass is 333 g/mol. The minimum Gasteiger partial charge on any atom is -0.345 e. The molecule has 2 aromatic carbocycles. The number of carbonyl (C=O) groups excluding carboxylic acids is 1. The summed E-state index contributed by atoms with van der Waals surface area (Å²) in [6.45, 7) is 4.34. The molecule has 3 aromatic rings. The number of benzene rings is 2. The number of amides is 1. The van der Waals surface area contributed by atoms with Gasteiger partial charge in [-0.15, -0.1) is 5.10 Å². The van der Waals surface area contributed by atoms with E-state index in [0.29, 0.717) is 5.82 Å². The summed E-state index contributed by atoms with van der Waals surface area (Å²) in [5.41, 5.74) is 4.21. The summed E-state index contributed by atoms with van der Waals surface area (Å²) < 4.78 is 1.63. The van der Waals surface area contributed by atoms with Gasteiger partial charge in [-0.2, -0.15) is 4.68 Å². The lowest BCUT2D eigenvalue weighted by Crippen LogP contribution is -2.22. The topological polar surface area (TPSA) is 72.7 Å². The zero-order valence-electron chi connectivity index (χ0n) is 14.2. The fourth-order valence-corrected chi connectivity index (χ4v) is 2.34. The molecule has 1 amide bonds. The summed E-state index contributed by atoms with van der Waals surface area (Å²) >= 11 is 0. The molecule has 1 aromatic heterocycles. The minimum absolute atomic E-state index is 0.196. The van der Waals surface area contributed by atoms with Crippen molar-refractivity contribution in [3.63, 3.8) is 0 Å². The van der Waals surface area contributed by atoms with E-state index in [-0.39, 0.29) is 12.5 Å². The van der Waals surface area contributed by atoms with Gasteiger partial charge in [0, 0.05) is 6.08 Å². The Hall–Kier alpha value is -3.28. The Kier molecular flexibility index (Phi) is 4.99. The Morgan fingerprint density at radius 2 is 1.92 bits per heavy atom. The number of hydrogen-bond donors (Lipinski definition) is 1. The van der Waals surface area contributed by atoms with Gasteiger partial charge in [-0.25, -0.2) is 0 Å². The Labute approximate surface area is 146 Å². The second-order valence-corrected chi connectivity index (χ2v) is 5.74. The zero-order valence-corrected chi connectivity index (χ0v) is 14.2. The second kappa shape index (κ2) is 7.53. The Balaban J connectivity index is 1.66. The van der Waals surface area contributed by atoms with E-state index in [1.807, 2.05) is 55.5 Å². The first-order valence-corrected chi connectivity index (χ1v) is 7.99. The van der Waals surface area contributed by atoms with Gasteiger partial charge in [-0.05, 0) is 59.2 Å². The molecule has 0 aliphatic carbocycles. The minimum atomic E-state index is -0.196. The van der Waals surface area contributed by atoms with Crippen molar-refractivity contribution < 1.29 is 4.79 Å². The molecule has 6 heteroatoms. The van der Waals surface area contributed by atoms with E-state index in [1.165, 1.54) is 11.6 Å². The van der Waals surface area contributed by atoms with Crippen molar-refractivity contribution in [3.05, 3.63) is 77.1 Å². The average Bonchev–Trinajstić information content (AvgIpc) is 3.10. The van der Waals surface area contributed by atoms with Crippen LogP contribution in [0.4, 0.5) is 0 Å². The fraction of sp³-hybridized carbons (Fsp3) is 0.158. The molecule has 0 aliphatic heterocycles. The molecule has 1 N–H and O–H groups in total. The van der Waals surface area contributed by atoms with E-state index in [2.05, 4.69) is 27.8 Å². The second-order valence-electron chi connectivity index (χ2n) is 5.74. The van der Waals surface area contributed by atoms with Gasteiger partial charge in [-0.3, -0.25) is 4.79 Å². The smallest absolute Gasteiger partial charge is 0.244 e. The number of aryl methyl sites for hydroxylation is 2. The van der Waals surface area contributed by atoms with E-state index < -0.39 is 0 Å². The van der Waals surface area contributed by atoms with Crippen LogP contribution in [-0.2, 0) is 11.3 Å². The molecule has 126 valence electrons. The molecule has 1 heterocycles. The van der Waals surface area contributed by atoms with Crippen LogP contribution >= 0.6 is 0 Å². The van der Waals surface area contributed by atoms with Crippen LogP contribution in [-0.4, -0.2) is 26.1 Å². The third-order valence-corrected chi connectivity index (χ3v) is 3.92. The molecule has 3 rings (SSSR count). The highest BCUT2D eigenvalue weighted by atomic mass is 16.1. The maximum atomic E-state index is 12.0. The molecule has 0 fully saturated rings. The molecule has 0 unspecified atom stereocenters. The predicted octanol–water partition coefficient (Wildman–Crippen LogP) is 2.61. The molecule has 0 saturated carbocycles. The van der Waals surface area contributed by atoms with Crippen molar-refractivity contribution in [2.45, 2.75) is 20.4 Å². The first-order chi connectivity index (χ1) is 12.1. The third-order valence-electron chi connectivity index (χ3n) is 3.92. The largest absolute Gasteiger partial charge is 0.345 e. The highest BCUT2D eigenvalue weighted by Gasteiger charge is 2.09. The Morgan fingerprint density at radius 1 is 1.12 bits per heavy atom. The van der Waals surface area contributed by atoms with Gasteiger partial charge in [0.05, 0.1) is 12.2 Å². The lowest BCUT2D eigenvalue weighted by molar-refractivity contribution is -0.116. The van der Waals surface area contributed by atoms with Crippen molar-refractivity contribution in [2.24, 2.45) is 0 Å². The molecule has 0 saturated heterocycles. The first kappa shape index (κ1) is 16.6. The zero-order chi connectivity index (χ0) is 17.6. The highest BCUT2D eigenvalue weighted by molar-refractivity contribution is 5.91. The SMILES string of the molecule is Cc1ccc(-n2nnnc2CNC(=O)/C=C\c2ccccc2)cc1C. The lowest BCUT2D eigenvalue weighted by atomic mass is 10.1. The van der Waals surface area contributed by atoms with Gasteiger partial charge < -0.3 is 5.32 Å². The van der Waals surface area contributed by atoms with Crippen LogP contribution in [0.3, 0.4) is 0 Å². The van der Waals surface area contributed by atoms with Crippen LogP contribution in [0, 0.1) is 13.8 Å². The van der Waals surface area contributed by atoms with Crippen LogP contribution in [0.5, 0.6) is 0 Å². The van der Waals surface area contributed by atoms with Crippen LogP contribution in [0.1, 0.15) is 22.5 Å². The summed E-state index contributed by atoms with van der Waals surface area (Å²) in [4.78, 5) is 12.0. The number of hydrogen-bond acceptors (Lipinski definition) is 4. The molecule has 6 nitrogen and oxygen atoms in total. The maximum Gasteiger partial charge on any atom is 0.244 e. The predicted molar refractivity (Wildman–Crippen MR) is 96.0 cm³/mol. The number of tetrazole rings is 1. The number of rotatable bonds is 5. The Bertz CT molecular complexity index is 899. The quantitative estimate of drug-likeness (QED) is 0.729. The van der Waals surface area contributed by atoms with Crippen molar-refractivity contribution in [1.82, 2.24) is 25.5 Å². The summed E-state index contributed by atoms with van der Waals surface area (Å²) in [7, 11) is 0. The highest BCUT2D eigenvalue weighted by Crippen LogP contribution is 2.14. The number of carbonyl (C=O) groups is 1. The van der Waals surface area contributed by atoms with Crippen LogP contribution in [0.2, 0.25) is 0 Å². The fourth-order valence-electron chi connectivity index (χ4n) is 2.34. The van der Waals surface area contributed by atoms with E-state index in [1.54, 1.807) is 10.8 Å². The van der Waals surface area contributed by atoms with Crippen molar-refractivity contribution in [1.29, 1.82) is 0 Å². The van der Waals surface area contributed by atoms with Gasteiger partial charge in [-0.1, -0.05) is 36.4 Å². The summed E-state index contributed by atoms with van der Waals surface area (Å²) in [5, 5.41) is 14.5. The van der Waals surface area contributed by atoms with Gasteiger partial charge in [0.1, 0.15) is 0 Å². The molecular weight excluding hydrogens is 314 g/mol. The standard InChI is InChI=1S/C19H19N5O/c1-14-8-10-17(12-15(14)2)24-18(21-22-23-24)13-20-19(25)11-9-16-6-4-3-5-7-16/h3-12H,13H2,1-2H3,(H,20,25)/b11-9-. The molecule has 0 radical (unpaired) electrons. The first-order valence-electron chi connectivity index (χ1n) is 7.99. The summed E-state index contributed by atoms with van der Waals surface area (Å²) in [6, 6.07) is 15.7. The van der Waals surface area contributed by atoms with Gasteiger partial charge >= 0.3 is 0 Å². The average molecular weight is 333 g/mol. The molecule has 0 aliphatic rings. The van der Waals surface area contributed by atoms with Gasteiger partial charge in [0.15, 0.2) is 5.82 Å². The third kappa shape index (κ3) is 4.17. The van der Waals surface area contributed by atoms with E-state index >= 15 is 0 Å². The summed E-state index contributed by atoms with van der Waals surface area (Å²) in [5.74, 6) is 0.378. The summed E-state index contributed by atoms with van der Waals surface area (Å²) in [6.07, 6.45) is 3.27. The molecule has 0 atom stereocenters. The van der Waals surface area contributed by atoms with E-state index in [9.17, 15) is 4.79 Å². The van der Waals surface area contributed by atoms with Gasteiger partial charge in [0.25, 0.3) is 0 Å². The van der Waals surface area contributed by atoms with Crippen LogP contribution < -0.4 is 5.32 Å². The molecular formula is C19H19N5O.